The number of rotatable bonds is 4. The summed E-state index contributed by atoms with van der Waals surface area (Å²) in [5.74, 6) is 0.685. The van der Waals surface area contributed by atoms with Gasteiger partial charge in [-0.1, -0.05) is 11.6 Å². The lowest BCUT2D eigenvalue weighted by atomic mass is 9.97. The molecule has 1 aromatic carbocycles. The summed E-state index contributed by atoms with van der Waals surface area (Å²) in [6.45, 7) is 4.47. The Hall–Kier alpha value is -1.46. The quantitative estimate of drug-likeness (QED) is 0.894. The second-order valence-electron chi connectivity index (χ2n) is 6.12. The molecule has 6 heteroatoms. The average molecular weight is 327 g/mol. The van der Waals surface area contributed by atoms with Gasteiger partial charge in [-0.2, -0.15) is 0 Å². The number of benzene rings is 1. The van der Waals surface area contributed by atoms with E-state index < -0.39 is 5.60 Å². The Labute approximate surface area is 136 Å². The maximum atomic E-state index is 12.4. The van der Waals surface area contributed by atoms with Crippen LogP contribution in [0.2, 0.25) is 5.02 Å². The van der Waals surface area contributed by atoms with Crippen molar-refractivity contribution < 1.29 is 14.6 Å². The van der Waals surface area contributed by atoms with E-state index in [0.717, 1.165) is 18.4 Å². The van der Waals surface area contributed by atoms with E-state index in [9.17, 15) is 9.90 Å². The summed E-state index contributed by atoms with van der Waals surface area (Å²) in [6.07, 6.45) is 1.72. The molecule has 5 nitrogen and oxygen atoms in total. The second-order valence-corrected chi connectivity index (χ2v) is 6.56. The molecule has 1 aliphatic heterocycles. The van der Waals surface area contributed by atoms with Crippen LogP contribution < -0.4 is 10.1 Å². The van der Waals surface area contributed by atoms with Gasteiger partial charge >= 0.3 is 6.03 Å². The van der Waals surface area contributed by atoms with Gasteiger partial charge in [-0.25, -0.2) is 4.79 Å². The third-order valence-electron chi connectivity index (χ3n) is 4.00. The van der Waals surface area contributed by atoms with Crippen molar-refractivity contribution in [2.75, 3.05) is 13.7 Å². The molecule has 1 heterocycles. The third-order valence-corrected chi connectivity index (χ3v) is 4.24. The minimum absolute atomic E-state index is 0.159. The summed E-state index contributed by atoms with van der Waals surface area (Å²) < 4.78 is 5.27. The number of likely N-dealkylation sites (tertiary alicyclic amines) is 1. The SMILES string of the molecule is COc1ccc(Cl)cc1CNC(=O)N1CCCC1C(C)(C)O. The molecule has 1 fully saturated rings. The van der Waals surface area contributed by atoms with Crippen LogP contribution in [-0.2, 0) is 6.54 Å². The number of nitrogens with zero attached hydrogens (tertiary/aromatic N) is 1. The topological polar surface area (TPSA) is 61.8 Å². The predicted molar refractivity (Wildman–Crippen MR) is 86.3 cm³/mol. The predicted octanol–water partition coefficient (Wildman–Crippen LogP) is 2.79. The van der Waals surface area contributed by atoms with E-state index in [1.54, 1.807) is 44.1 Å². The molecule has 0 saturated carbocycles. The van der Waals surface area contributed by atoms with Gasteiger partial charge in [0.1, 0.15) is 5.75 Å². The van der Waals surface area contributed by atoms with Crippen LogP contribution in [0.1, 0.15) is 32.3 Å². The lowest BCUT2D eigenvalue weighted by Gasteiger charge is -2.33. The Balaban J connectivity index is 2.02. The van der Waals surface area contributed by atoms with Gasteiger partial charge in [-0.3, -0.25) is 0 Å². The lowest BCUT2D eigenvalue weighted by Crippen LogP contribution is -2.51. The molecule has 1 aliphatic rings. The molecule has 0 aromatic heterocycles. The summed E-state index contributed by atoms with van der Waals surface area (Å²) in [4.78, 5) is 14.1. The molecule has 2 rings (SSSR count). The van der Waals surface area contributed by atoms with Gasteiger partial charge in [-0.05, 0) is 44.9 Å². The van der Waals surface area contributed by atoms with E-state index in [-0.39, 0.29) is 12.1 Å². The van der Waals surface area contributed by atoms with Gasteiger partial charge in [-0.15, -0.1) is 0 Å². The number of ether oxygens (including phenoxy) is 1. The van der Waals surface area contributed by atoms with E-state index >= 15 is 0 Å². The summed E-state index contributed by atoms with van der Waals surface area (Å²) in [7, 11) is 1.58. The number of carbonyl (C=O) groups is 1. The standard InChI is InChI=1S/C16H23ClN2O3/c1-16(2,21)14-5-4-8-19(14)15(20)18-10-11-9-12(17)6-7-13(11)22-3/h6-7,9,14,21H,4-5,8,10H2,1-3H3,(H,18,20). The number of urea groups is 1. The van der Waals surface area contributed by atoms with Crippen LogP contribution >= 0.6 is 11.6 Å². The van der Waals surface area contributed by atoms with E-state index in [0.29, 0.717) is 23.9 Å². The van der Waals surface area contributed by atoms with Crippen molar-refractivity contribution >= 4 is 17.6 Å². The fourth-order valence-electron chi connectivity index (χ4n) is 2.90. The Morgan fingerprint density at radius 2 is 2.27 bits per heavy atom. The zero-order chi connectivity index (χ0) is 16.3. The van der Waals surface area contributed by atoms with Gasteiger partial charge in [0.25, 0.3) is 0 Å². The number of methoxy groups -OCH3 is 1. The molecule has 0 aliphatic carbocycles. The molecule has 1 saturated heterocycles. The fraction of sp³-hybridized carbons (Fsp3) is 0.562. The monoisotopic (exact) mass is 326 g/mol. The zero-order valence-corrected chi connectivity index (χ0v) is 14.0. The lowest BCUT2D eigenvalue weighted by molar-refractivity contribution is 0.00978. The van der Waals surface area contributed by atoms with E-state index in [1.807, 2.05) is 0 Å². The van der Waals surface area contributed by atoms with Crippen molar-refractivity contribution in [2.24, 2.45) is 0 Å². The maximum Gasteiger partial charge on any atom is 0.318 e. The molecule has 1 unspecified atom stereocenters. The molecular formula is C16H23ClN2O3. The highest BCUT2D eigenvalue weighted by atomic mass is 35.5. The van der Waals surface area contributed by atoms with Gasteiger partial charge in [0.05, 0.1) is 18.8 Å². The molecule has 2 amide bonds. The Bertz CT molecular complexity index is 543. The Morgan fingerprint density at radius 1 is 1.55 bits per heavy atom. The smallest absolute Gasteiger partial charge is 0.318 e. The fourth-order valence-corrected chi connectivity index (χ4v) is 3.10. The van der Waals surface area contributed by atoms with Crippen LogP contribution in [-0.4, -0.2) is 41.3 Å². The molecular weight excluding hydrogens is 304 g/mol. The highest BCUT2D eigenvalue weighted by molar-refractivity contribution is 6.30. The van der Waals surface area contributed by atoms with Crippen LogP contribution in [0.15, 0.2) is 18.2 Å². The van der Waals surface area contributed by atoms with Crippen molar-refractivity contribution in [1.29, 1.82) is 0 Å². The molecule has 22 heavy (non-hydrogen) atoms. The summed E-state index contributed by atoms with van der Waals surface area (Å²) in [5, 5.41) is 13.7. The van der Waals surface area contributed by atoms with Crippen molar-refractivity contribution in [3.63, 3.8) is 0 Å². The number of hydrogen-bond donors (Lipinski definition) is 2. The minimum atomic E-state index is -0.901. The molecule has 0 bridgehead atoms. The van der Waals surface area contributed by atoms with E-state index in [1.165, 1.54) is 0 Å². The highest BCUT2D eigenvalue weighted by Gasteiger charge is 2.38. The first-order valence-corrected chi connectivity index (χ1v) is 7.80. The van der Waals surface area contributed by atoms with Crippen molar-refractivity contribution in [1.82, 2.24) is 10.2 Å². The average Bonchev–Trinajstić information content (AvgIpc) is 2.94. The van der Waals surface area contributed by atoms with Gasteiger partial charge in [0.15, 0.2) is 0 Å². The van der Waals surface area contributed by atoms with Crippen LogP contribution in [0, 0.1) is 0 Å². The van der Waals surface area contributed by atoms with Gasteiger partial charge in [0.2, 0.25) is 0 Å². The maximum absolute atomic E-state index is 12.4. The van der Waals surface area contributed by atoms with Crippen molar-refractivity contribution in [2.45, 2.75) is 44.9 Å². The molecule has 0 spiro atoms. The number of nitrogens with one attached hydrogen (secondary N) is 1. The highest BCUT2D eigenvalue weighted by Crippen LogP contribution is 2.27. The number of hydrogen-bond acceptors (Lipinski definition) is 3. The molecule has 122 valence electrons. The van der Waals surface area contributed by atoms with Crippen LogP contribution in [0.5, 0.6) is 5.75 Å². The van der Waals surface area contributed by atoms with Crippen LogP contribution in [0.4, 0.5) is 4.79 Å². The first-order chi connectivity index (χ1) is 10.3. The number of amides is 2. The molecule has 2 N–H and O–H groups in total. The first kappa shape index (κ1) is 16.9. The van der Waals surface area contributed by atoms with Gasteiger partial charge in [0, 0.05) is 23.7 Å². The van der Waals surface area contributed by atoms with E-state index in [4.69, 9.17) is 16.3 Å². The van der Waals surface area contributed by atoms with Crippen LogP contribution in [0.25, 0.3) is 0 Å². The molecule has 1 atom stereocenters. The van der Waals surface area contributed by atoms with Crippen molar-refractivity contribution in [3.8, 4) is 5.75 Å². The van der Waals surface area contributed by atoms with Gasteiger partial charge < -0.3 is 20.1 Å². The zero-order valence-electron chi connectivity index (χ0n) is 13.2. The second kappa shape index (κ2) is 6.75. The number of aliphatic hydroxyl groups is 1. The number of carbonyl (C=O) groups excluding carboxylic acids is 1. The summed E-state index contributed by atoms with van der Waals surface area (Å²) >= 11 is 5.99. The molecule has 0 radical (unpaired) electrons. The van der Waals surface area contributed by atoms with Crippen molar-refractivity contribution in [3.05, 3.63) is 28.8 Å². The van der Waals surface area contributed by atoms with Crippen LogP contribution in [0.3, 0.4) is 0 Å². The first-order valence-electron chi connectivity index (χ1n) is 7.42. The molecule has 1 aromatic rings. The number of halogens is 1. The normalized spacial score (nSPS) is 18.4. The largest absolute Gasteiger partial charge is 0.496 e. The minimum Gasteiger partial charge on any atom is -0.496 e. The summed E-state index contributed by atoms with van der Waals surface area (Å²) in [6, 6.07) is 4.97. The van der Waals surface area contributed by atoms with E-state index in [2.05, 4.69) is 5.32 Å². The Morgan fingerprint density at radius 3 is 2.91 bits per heavy atom. The third kappa shape index (κ3) is 3.84. The summed E-state index contributed by atoms with van der Waals surface area (Å²) in [5.41, 5.74) is -0.0796. The Kier molecular flexibility index (Phi) is 5.19.